The van der Waals surface area contributed by atoms with Gasteiger partial charge in [0.25, 0.3) is 0 Å². The van der Waals surface area contributed by atoms with Crippen molar-refractivity contribution in [1.29, 1.82) is 10.5 Å². The average molecular weight is 318 g/mol. The van der Waals surface area contributed by atoms with Crippen LogP contribution >= 0.6 is 0 Å². The van der Waals surface area contributed by atoms with Crippen LogP contribution in [0, 0.1) is 34.5 Å². The lowest BCUT2D eigenvalue weighted by Crippen LogP contribution is -2.42. The van der Waals surface area contributed by atoms with Crippen LogP contribution in [0.15, 0.2) is 48.5 Å². The zero-order chi connectivity index (χ0) is 17.1. The van der Waals surface area contributed by atoms with Gasteiger partial charge in [-0.1, -0.05) is 36.4 Å². The van der Waals surface area contributed by atoms with Gasteiger partial charge in [-0.15, -0.1) is 0 Å². The van der Waals surface area contributed by atoms with Crippen LogP contribution in [0.25, 0.3) is 0 Å². The molecule has 4 heteroatoms. The Morgan fingerprint density at radius 2 is 1.08 bits per heavy atom. The summed E-state index contributed by atoms with van der Waals surface area (Å²) in [4.78, 5) is 0. The van der Waals surface area contributed by atoms with E-state index in [4.69, 9.17) is 9.47 Å². The van der Waals surface area contributed by atoms with Gasteiger partial charge in [-0.05, 0) is 23.3 Å². The molecule has 1 fully saturated rings. The fraction of sp³-hybridized carbons (Fsp3) is 0.300. The molecule has 24 heavy (non-hydrogen) atoms. The molecule has 1 saturated carbocycles. The Kier molecular flexibility index (Phi) is 4.40. The molecule has 2 aromatic rings. The van der Waals surface area contributed by atoms with Crippen LogP contribution in [0.5, 0.6) is 11.5 Å². The predicted octanol–water partition coefficient (Wildman–Crippen LogP) is 3.86. The van der Waals surface area contributed by atoms with Gasteiger partial charge in [0, 0.05) is 11.8 Å². The number of ether oxygens (including phenoxy) is 2. The van der Waals surface area contributed by atoms with Crippen LogP contribution in [0.3, 0.4) is 0 Å². The number of hydrogen-bond acceptors (Lipinski definition) is 4. The minimum atomic E-state index is -0.290. The Bertz CT molecular complexity index is 741. The van der Waals surface area contributed by atoms with Crippen molar-refractivity contribution in [2.75, 3.05) is 14.2 Å². The van der Waals surface area contributed by atoms with Crippen molar-refractivity contribution in [2.45, 2.75) is 11.8 Å². The summed E-state index contributed by atoms with van der Waals surface area (Å²) in [6.07, 6.45) is 0. The summed E-state index contributed by atoms with van der Waals surface area (Å²) < 4.78 is 10.9. The minimum Gasteiger partial charge on any atom is -0.496 e. The number of nitrogens with zero attached hydrogens (tertiary/aromatic N) is 2. The SMILES string of the molecule is COc1ccccc1C1C(C#N)C(c2ccccc2OC)C1C#N. The second-order valence-corrected chi connectivity index (χ2v) is 5.85. The third kappa shape index (κ3) is 2.37. The van der Waals surface area contributed by atoms with Crippen molar-refractivity contribution in [2.24, 2.45) is 11.8 Å². The maximum absolute atomic E-state index is 9.75. The van der Waals surface area contributed by atoms with Crippen LogP contribution in [0.1, 0.15) is 23.0 Å². The molecule has 1 aliphatic rings. The van der Waals surface area contributed by atoms with Crippen molar-refractivity contribution < 1.29 is 9.47 Å². The average Bonchev–Trinajstić information content (AvgIpc) is 2.62. The predicted molar refractivity (Wildman–Crippen MR) is 89.7 cm³/mol. The highest BCUT2D eigenvalue weighted by Gasteiger charge is 2.54. The Hall–Kier alpha value is -2.98. The number of hydrogen-bond donors (Lipinski definition) is 0. The number of methoxy groups -OCH3 is 2. The molecule has 0 heterocycles. The maximum atomic E-state index is 9.75. The van der Waals surface area contributed by atoms with Gasteiger partial charge in [0.1, 0.15) is 11.5 Å². The summed E-state index contributed by atoms with van der Waals surface area (Å²) in [5.74, 6) is 0.546. The molecule has 0 atom stereocenters. The first kappa shape index (κ1) is 15.9. The van der Waals surface area contributed by atoms with Gasteiger partial charge >= 0.3 is 0 Å². The van der Waals surface area contributed by atoms with Gasteiger partial charge in [-0.3, -0.25) is 0 Å². The van der Waals surface area contributed by atoms with Crippen LogP contribution in [0.4, 0.5) is 0 Å². The van der Waals surface area contributed by atoms with E-state index < -0.39 is 0 Å². The lowest BCUT2D eigenvalue weighted by atomic mass is 9.53. The zero-order valence-corrected chi connectivity index (χ0v) is 13.6. The summed E-state index contributed by atoms with van der Waals surface area (Å²) in [7, 11) is 3.22. The second kappa shape index (κ2) is 6.64. The standard InChI is InChI=1S/C20H18N2O2/c1-23-17-9-5-3-7-13(17)19-15(11-21)20(16(19)12-22)14-8-4-6-10-18(14)24-2/h3-10,15-16,19-20H,1-2H3. The molecule has 0 saturated heterocycles. The van der Waals surface area contributed by atoms with Gasteiger partial charge in [0.15, 0.2) is 0 Å². The van der Waals surface area contributed by atoms with Crippen molar-refractivity contribution in [3.63, 3.8) is 0 Å². The highest BCUT2D eigenvalue weighted by molar-refractivity contribution is 5.48. The topological polar surface area (TPSA) is 66.0 Å². The van der Waals surface area contributed by atoms with Crippen molar-refractivity contribution in [1.82, 2.24) is 0 Å². The van der Waals surface area contributed by atoms with Crippen molar-refractivity contribution >= 4 is 0 Å². The normalized spacial score (nSPS) is 25.0. The largest absolute Gasteiger partial charge is 0.496 e. The summed E-state index contributed by atoms with van der Waals surface area (Å²) in [6, 6.07) is 20.0. The van der Waals surface area contributed by atoms with E-state index in [1.54, 1.807) is 14.2 Å². The molecule has 2 aromatic carbocycles. The first-order chi connectivity index (χ1) is 11.8. The third-order valence-corrected chi connectivity index (χ3v) is 4.84. The number of nitriles is 2. The third-order valence-electron chi connectivity index (χ3n) is 4.84. The molecule has 120 valence electrons. The Balaban J connectivity index is 2.04. The van der Waals surface area contributed by atoms with E-state index in [0.717, 1.165) is 22.6 Å². The highest BCUT2D eigenvalue weighted by Crippen LogP contribution is 2.59. The molecule has 0 aromatic heterocycles. The van der Waals surface area contributed by atoms with Crippen molar-refractivity contribution in [3.8, 4) is 23.6 Å². The van der Waals surface area contributed by atoms with Gasteiger partial charge in [-0.2, -0.15) is 10.5 Å². The minimum absolute atomic E-state index is 0.161. The molecule has 0 amide bonds. The van der Waals surface area contributed by atoms with E-state index in [9.17, 15) is 10.5 Å². The molecule has 3 rings (SSSR count). The summed E-state index contributed by atoms with van der Waals surface area (Å²) >= 11 is 0. The summed E-state index contributed by atoms with van der Waals surface area (Å²) in [5, 5.41) is 19.5. The summed E-state index contributed by atoms with van der Waals surface area (Å²) in [6.45, 7) is 0. The van der Waals surface area contributed by atoms with E-state index in [2.05, 4.69) is 12.1 Å². The van der Waals surface area contributed by atoms with E-state index in [-0.39, 0.29) is 23.7 Å². The van der Waals surface area contributed by atoms with E-state index in [0.29, 0.717) is 0 Å². The molecule has 4 nitrogen and oxygen atoms in total. The Labute approximate surface area is 141 Å². The molecule has 0 bridgehead atoms. The number of para-hydroxylation sites is 2. The number of benzene rings is 2. The maximum Gasteiger partial charge on any atom is 0.122 e. The monoisotopic (exact) mass is 318 g/mol. The fourth-order valence-corrected chi connectivity index (χ4v) is 3.73. The second-order valence-electron chi connectivity index (χ2n) is 5.85. The van der Waals surface area contributed by atoms with E-state index in [1.807, 2.05) is 48.5 Å². The molecule has 0 spiro atoms. The Morgan fingerprint density at radius 3 is 1.42 bits per heavy atom. The molecule has 0 aliphatic heterocycles. The molecular weight excluding hydrogens is 300 g/mol. The quantitative estimate of drug-likeness (QED) is 0.858. The van der Waals surface area contributed by atoms with Gasteiger partial charge < -0.3 is 9.47 Å². The Morgan fingerprint density at radius 1 is 0.708 bits per heavy atom. The fourth-order valence-electron chi connectivity index (χ4n) is 3.73. The van der Waals surface area contributed by atoms with Crippen LogP contribution < -0.4 is 9.47 Å². The zero-order valence-electron chi connectivity index (χ0n) is 13.6. The lowest BCUT2D eigenvalue weighted by molar-refractivity contribution is 0.182. The molecular formula is C20H18N2O2. The van der Waals surface area contributed by atoms with Crippen LogP contribution in [-0.4, -0.2) is 14.2 Å². The smallest absolute Gasteiger partial charge is 0.122 e. The van der Waals surface area contributed by atoms with Crippen LogP contribution in [-0.2, 0) is 0 Å². The molecule has 0 unspecified atom stereocenters. The summed E-state index contributed by atoms with van der Waals surface area (Å²) in [5.41, 5.74) is 1.84. The van der Waals surface area contributed by atoms with Gasteiger partial charge in [0.05, 0.1) is 38.2 Å². The molecule has 0 N–H and O–H groups in total. The molecule has 0 radical (unpaired) electrons. The van der Waals surface area contributed by atoms with Crippen molar-refractivity contribution in [3.05, 3.63) is 59.7 Å². The first-order valence-electron chi connectivity index (χ1n) is 7.81. The van der Waals surface area contributed by atoms with E-state index >= 15 is 0 Å². The lowest BCUT2D eigenvalue weighted by Gasteiger charge is -2.46. The molecule has 1 aliphatic carbocycles. The van der Waals surface area contributed by atoms with Crippen LogP contribution in [0.2, 0.25) is 0 Å². The van der Waals surface area contributed by atoms with E-state index in [1.165, 1.54) is 0 Å². The first-order valence-corrected chi connectivity index (χ1v) is 7.81. The highest BCUT2D eigenvalue weighted by atomic mass is 16.5. The number of rotatable bonds is 4. The van der Waals surface area contributed by atoms with Gasteiger partial charge in [-0.25, -0.2) is 0 Å². The van der Waals surface area contributed by atoms with Gasteiger partial charge in [0.2, 0.25) is 0 Å².